The van der Waals surface area contributed by atoms with Crippen LogP contribution >= 0.6 is 0 Å². The van der Waals surface area contributed by atoms with Crippen molar-refractivity contribution >= 4 is 29.6 Å². The third-order valence-electron chi connectivity index (χ3n) is 3.89. The molecule has 0 bridgehead atoms. The average molecular weight is 417 g/mol. The number of hydrogen-bond donors (Lipinski definition) is 7. The molecule has 0 spiro atoms. The fourth-order valence-electron chi connectivity index (χ4n) is 2.33. The van der Waals surface area contributed by atoms with Gasteiger partial charge >= 0.3 is 5.97 Å². The molecule has 0 aliphatic rings. The molecule has 9 N–H and O–H groups in total. The predicted molar refractivity (Wildman–Crippen MR) is 102 cm³/mol. The first-order chi connectivity index (χ1) is 13.3. The van der Waals surface area contributed by atoms with E-state index in [4.69, 9.17) is 11.5 Å². The smallest absolute Gasteiger partial charge is 0.326 e. The van der Waals surface area contributed by atoms with Gasteiger partial charge < -0.3 is 37.6 Å². The summed E-state index contributed by atoms with van der Waals surface area (Å²) in [5.74, 6) is -4.52. The Bertz CT molecular complexity index is 623. The van der Waals surface area contributed by atoms with Crippen molar-refractivity contribution in [2.24, 2.45) is 17.4 Å². The molecule has 0 fully saturated rings. The number of carboxylic acids is 1. The summed E-state index contributed by atoms with van der Waals surface area (Å²) in [4.78, 5) is 58.6. The first kappa shape index (κ1) is 26.3. The summed E-state index contributed by atoms with van der Waals surface area (Å²) in [5.41, 5.74) is 10.5. The van der Waals surface area contributed by atoms with Crippen LogP contribution in [0.15, 0.2) is 0 Å². The molecule has 0 aliphatic carbocycles. The van der Waals surface area contributed by atoms with Crippen molar-refractivity contribution < 1.29 is 34.2 Å². The third-order valence-corrected chi connectivity index (χ3v) is 3.89. The van der Waals surface area contributed by atoms with E-state index in [1.807, 2.05) is 0 Å². The molecule has 5 unspecified atom stereocenters. The molecule has 0 aromatic heterocycles. The number of nitrogens with one attached hydrogen (secondary N) is 3. The number of nitrogens with two attached hydrogens (primary N) is 2. The predicted octanol–water partition coefficient (Wildman–Crippen LogP) is -2.83. The second-order valence-electron chi connectivity index (χ2n) is 7.26. The molecule has 0 radical (unpaired) electrons. The zero-order valence-electron chi connectivity index (χ0n) is 17.0. The zero-order chi connectivity index (χ0) is 22.9. The molecule has 12 nitrogen and oxygen atoms in total. The van der Waals surface area contributed by atoms with E-state index in [1.165, 1.54) is 13.8 Å². The van der Waals surface area contributed by atoms with Gasteiger partial charge in [0.15, 0.2) is 0 Å². The quantitative estimate of drug-likeness (QED) is 0.175. The van der Waals surface area contributed by atoms with Crippen molar-refractivity contribution in [2.45, 2.75) is 70.8 Å². The molecule has 29 heavy (non-hydrogen) atoms. The Morgan fingerprint density at radius 1 is 0.897 bits per heavy atom. The minimum absolute atomic E-state index is 0.0146. The summed E-state index contributed by atoms with van der Waals surface area (Å²) in [6, 6.07) is -5.04. The first-order valence-corrected chi connectivity index (χ1v) is 9.12. The Morgan fingerprint density at radius 2 is 1.45 bits per heavy atom. The van der Waals surface area contributed by atoms with E-state index in [0.717, 1.165) is 0 Å². The summed E-state index contributed by atoms with van der Waals surface area (Å²) in [7, 11) is 0. The van der Waals surface area contributed by atoms with Gasteiger partial charge in [-0.2, -0.15) is 0 Å². The van der Waals surface area contributed by atoms with Crippen LogP contribution in [0.5, 0.6) is 0 Å². The average Bonchev–Trinajstić information content (AvgIpc) is 2.56. The van der Waals surface area contributed by atoms with Gasteiger partial charge in [-0.25, -0.2) is 4.79 Å². The van der Waals surface area contributed by atoms with Gasteiger partial charge in [-0.15, -0.1) is 0 Å². The lowest BCUT2D eigenvalue weighted by molar-refractivity contribution is -0.142. The highest BCUT2D eigenvalue weighted by Gasteiger charge is 2.31. The number of carbonyl (C=O) groups is 5. The van der Waals surface area contributed by atoms with Gasteiger partial charge in [-0.3, -0.25) is 19.2 Å². The molecule has 5 atom stereocenters. The van der Waals surface area contributed by atoms with Crippen LogP contribution in [0.2, 0.25) is 0 Å². The Kier molecular flexibility index (Phi) is 10.8. The lowest BCUT2D eigenvalue weighted by Gasteiger charge is -2.25. The topological polar surface area (TPSA) is 214 Å². The maximum Gasteiger partial charge on any atom is 0.326 e. The molecule has 0 saturated carbocycles. The summed E-state index contributed by atoms with van der Waals surface area (Å²) in [5, 5.41) is 25.8. The van der Waals surface area contributed by atoms with Crippen LogP contribution in [-0.4, -0.2) is 70.1 Å². The molecule has 166 valence electrons. The Hall–Kier alpha value is -2.73. The number of aliphatic hydroxyl groups is 1. The number of rotatable bonds is 12. The van der Waals surface area contributed by atoms with E-state index >= 15 is 0 Å². The SMILES string of the molecule is CC(C)CC(NC(=O)C(C)NC(=O)C(NC(=O)C(N)CC(N)=O)C(C)O)C(=O)O. The summed E-state index contributed by atoms with van der Waals surface area (Å²) in [6.45, 7) is 6.15. The lowest BCUT2D eigenvalue weighted by atomic mass is 10.0. The van der Waals surface area contributed by atoms with E-state index in [9.17, 15) is 34.2 Å². The summed E-state index contributed by atoms with van der Waals surface area (Å²) >= 11 is 0. The van der Waals surface area contributed by atoms with E-state index < -0.39 is 66.3 Å². The van der Waals surface area contributed by atoms with Gasteiger partial charge in [0.25, 0.3) is 0 Å². The van der Waals surface area contributed by atoms with Gasteiger partial charge in [0.1, 0.15) is 18.1 Å². The number of primary amides is 1. The number of aliphatic hydroxyl groups excluding tert-OH is 1. The van der Waals surface area contributed by atoms with Crippen LogP contribution in [0, 0.1) is 5.92 Å². The van der Waals surface area contributed by atoms with Gasteiger partial charge in [0, 0.05) is 0 Å². The van der Waals surface area contributed by atoms with E-state index in [-0.39, 0.29) is 12.3 Å². The Morgan fingerprint density at radius 3 is 1.86 bits per heavy atom. The van der Waals surface area contributed by atoms with Crippen molar-refractivity contribution in [1.29, 1.82) is 0 Å². The van der Waals surface area contributed by atoms with Crippen molar-refractivity contribution in [3.05, 3.63) is 0 Å². The highest BCUT2D eigenvalue weighted by Crippen LogP contribution is 2.05. The molecule has 0 aromatic rings. The molecule has 0 saturated heterocycles. The maximum atomic E-state index is 12.4. The minimum Gasteiger partial charge on any atom is -0.480 e. The number of hydrogen-bond acceptors (Lipinski definition) is 7. The third kappa shape index (κ3) is 9.85. The highest BCUT2D eigenvalue weighted by molar-refractivity contribution is 5.95. The van der Waals surface area contributed by atoms with Gasteiger partial charge in [-0.1, -0.05) is 13.8 Å². The molecule has 0 aromatic carbocycles. The fourth-order valence-corrected chi connectivity index (χ4v) is 2.33. The number of aliphatic carboxylic acids is 1. The van der Waals surface area contributed by atoms with Crippen LogP contribution in [0.3, 0.4) is 0 Å². The van der Waals surface area contributed by atoms with Crippen molar-refractivity contribution in [1.82, 2.24) is 16.0 Å². The van der Waals surface area contributed by atoms with E-state index in [0.29, 0.717) is 0 Å². The molecular formula is C17H31N5O7. The lowest BCUT2D eigenvalue weighted by Crippen LogP contribution is -2.59. The molecule has 0 aliphatic heterocycles. The second-order valence-corrected chi connectivity index (χ2v) is 7.26. The number of carbonyl (C=O) groups excluding carboxylic acids is 4. The first-order valence-electron chi connectivity index (χ1n) is 9.12. The van der Waals surface area contributed by atoms with Crippen molar-refractivity contribution in [3.8, 4) is 0 Å². The monoisotopic (exact) mass is 417 g/mol. The Balaban J connectivity index is 4.99. The second kappa shape index (κ2) is 12.0. The number of amides is 4. The van der Waals surface area contributed by atoms with Gasteiger partial charge in [-0.05, 0) is 26.2 Å². The fraction of sp³-hybridized carbons (Fsp3) is 0.706. The van der Waals surface area contributed by atoms with Gasteiger partial charge in [0.05, 0.1) is 18.6 Å². The van der Waals surface area contributed by atoms with Crippen LogP contribution in [0.25, 0.3) is 0 Å². The van der Waals surface area contributed by atoms with Crippen LogP contribution in [0.4, 0.5) is 0 Å². The van der Waals surface area contributed by atoms with Crippen LogP contribution in [-0.2, 0) is 24.0 Å². The molecule has 12 heteroatoms. The Labute approximate surface area is 168 Å². The maximum absolute atomic E-state index is 12.4. The minimum atomic E-state index is -1.46. The van der Waals surface area contributed by atoms with Crippen molar-refractivity contribution in [3.63, 3.8) is 0 Å². The molecule has 0 heterocycles. The van der Waals surface area contributed by atoms with E-state index in [1.54, 1.807) is 13.8 Å². The van der Waals surface area contributed by atoms with Gasteiger partial charge in [0.2, 0.25) is 23.6 Å². The molecular weight excluding hydrogens is 386 g/mol. The summed E-state index contributed by atoms with van der Waals surface area (Å²) in [6.07, 6.45) is -1.60. The van der Waals surface area contributed by atoms with Crippen LogP contribution in [0.1, 0.15) is 40.5 Å². The highest BCUT2D eigenvalue weighted by atomic mass is 16.4. The zero-order valence-corrected chi connectivity index (χ0v) is 17.0. The molecule has 0 rings (SSSR count). The molecule has 4 amide bonds. The normalized spacial score (nSPS) is 16.1. The van der Waals surface area contributed by atoms with Crippen LogP contribution < -0.4 is 27.4 Å². The summed E-state index contributed by atoms with van der Waals surface area (Å²) < 4.78 is 0. The van der Waals surface area contributed by atoms with E-state index in [2.05, 4.69) is 16.0 Å². The largest absolute Gasteiger partial charge is 0.480 e. The number of carboxylic acid groups (broad SMARTS) is 1. The standard InChI is InChI=1S/C17H31N5O7/c1-7(2)5-11(17(28)29)21-14(25)8(3)20-16(27)13(9(4)23)22-15(26)10(18)6-12(19)24/h7-11,13,23H,5-6,18H2,1-4H3,(H2,19,24)(H,20,27)(H,21,25)(H,22,26)(H,28,29). The van der Waals surface area contributed by atoms with Crippen molar-refractivity contribution in [2.75, 3.05) is 0 Å².